The number of ether oxygens (including phenoxy) is 1. The first-order chi connectivity index (χ1) is 10.1. The molecule has 114 valence electrons. The van der Waals surface area contributed by atoms with Crippen LogP contribution < -0.4 is 0 Å². The molecule has 0 unspecified atom stereocenters. The average Bonchev–Trinajstić information content (AvgIpc) is 3.08. The van der Waals surface area contributed by atoms with Gasteiger partial charge in [-0.3, -0.25) is 19.3 Å². The topological polar surface area (TPSA) is 66.9 Å². The normalized spacial score (nSPS) is 14.8. The first-order valence-electron chi connectivity index (χ1n) is 6.73. The van der Waals surface area contributed by atoms with Crippen LogP contribution in [-0.2, 0) is 25.7 Å². The molecule has 2 heterocycles. The Morgan fingerprint density at radius 3 is 2.67 bits per heavy atom. The van der Waals surface area contributed by atoms with Gasteiger partial charge < -0.3 is 9.64 Å². The van der Waals surface area contributed by atoms with Crippen molar-refractivity contribution in [2.45, 2.75) is 19.4 Å². The molecule has 0 saturated carbocycles. The quantitative estimate of drug-likeness (QED) is 0.701. The lowest BCUT2D eigenvalue weighted by Gasteiger charge is -2.24. The number of nitrogens with zero attached hydrogens (tertiary/aromatic N) is 2. The summed E-state index contributed by atoms with van der Waals surface area (Å²) in [5.74, 6) is -0.770. The molecule has 1 aliphatic heterocycles. The number of amides is 3. The Labute approximate surface area is 127 Å². The van der Waals surface area contributed by atoms with Crippen LogP contribution in [0.4, 0.5) is 0 Å². The number of carbonyl (C=O) groups excluding carboxylic acids is 3. The van der Waals surface area contributed by atoms with E-state index in [-0.39, 0.29) is 37.1 Å². The zero-order valence-electron chi connectivity index (χ0n) is 11.9. The molecule has 0 N–H and O–H groups in total. The maximum absolute atomic E-state index is 12.4. The molecule has 3 amide bonds. The van der Waals surface area contributed by atoms with Gasteiger partial charge in [0.2, 0.25) is 17.7 Å². The van der Waals surface area contributed by atoms with Crippen molar-refractivity contribution < 1.29 is 19.1 Å². The van der Waals surface area contributed by atoms with E-state index >= 15 is 0 Å². The molecule has 0 bridgehead atoms. The SMILES string of the molecule is COCCN(Cc1ccsc1)C(=O)CN1C(=O)CCC1=O. The van der Waals surface area contributed by atoms with E-state index in [1.807, 2.05) is 16.8 Å². The number of hydrogen-bond acceptors (Lipinski definition) is 5. The van der Waals surface area contributed by atoms with Crippen LogP contribution in [0.5, 0.6) is 0 Å². The molecular formula is C14H18N2O4S. The van der Waals surface area contributed by atoms with Gasteiger partial charge in [0.25, 0.3) is 0 Å². The molecular weight excluding hydrogens is 292 g/mol. The van der Waals surface area contributed by atoms with Crippen molar-refractivity contribution in [2.24, 2.45) is 0 Å². The first kappa shape index (κ1) is 15.7. The van der Waals surface area contributed by atoms with E-state index in [1.54, 1.807) is 23.3 Å². The second kappa shape index (κ2) is 7.33. The van der Waals surface area contributed by atoms with Gasteiger partial charge in [0.1, 0.15) is 6.54 Å². The maximum atomic E-state index is 12.4. The fourth-order valence-electron chi connectivity index (χ4n) is 2.13. The number of carbonyl (C=O) groups is 3. The summed E-state index contributed by atoms with van der Waals surface area (Å²) in [5.41, 5.74) is 1.03. The highest BCUT2D eigenvalue weighted by Crippen LogP contribution is 2.14. The lowest BCUT2D eigenvalue weighted by Crippen LogP contribution is -2.43. The molecule has 0 atom stereocenters. The van der Waals surface area contributed by atoms with Crippen LogP contribution in [0, 0.1) is 0 Å². The fraction of sp³-hybridized carbons (Fsp3) is 0.500. The number of likely N-dealkylation sites (tertiary alicyclic amines) is 1. The van der Waals surface area contributed by atoms with Crippen LogP contribution in [0.2, 0.25) is 0 Å². The Bertz CT molecular complexity index is 499. The van der Waals surface area contributed by atoms with Gasteiger partial charge in [-0.1, -0.05) is 0 Å². The second-order valence-electron chi connectivity index (χ2n) is 4.81. The summed E-state index contributed by atoms with van der Waals surface area (Å²) in [7, 11) is 1.57. The van der Waals surface area contributed by atoms with Crippen LogP contribution in [0.15, 0.2) is 16.8 Å². The molecule has 6 nitrogen and oxygen atoms in total. The average molecular weight is 310 g/mol. The summed E-state index contributed by atoms with van der Waals surface area (Å²) in [6.07, 6.45) is 0.406. The Morgan fingerprint density at radius 2 is 2.10 bits per heavy atom. The smallest absolute Gasteiger partial charge is 0.243 e. The molecule has 21 heavy (non-hydrogen) atoms. The minimum absolute atomic E-state index is 0.175. The van der Waals surface area contributed by atoms with Gasteiger partial charge in [-0.25, -0.2) is 0 Å². The van der Waals surface area contributed by atoms with Gasteiger partial charge in [0, 0.05) is 33.0 Å². The van der Waals surface area contributed by atoms with Gasteiger partial charge in [0.15, 0.2) is 0 Å². The van der Waals surface area contributed by atoms with E-state index in [2.05, 4.69) is 0 Å². The Morgan fingerprint density at radius 1 is 1.38 bits per heavy atom. The number of imide groups is 1. The second-order valence-corrected chi connectivity index (χ2v) is 5.59. The van der Waals surface area contributed by atoms with E-state index in [0.29, 0.717) is 19.7 Å². The highest BCUT2D eigenvalue weighted by Gasteiger charge is 2.31. The van der Waals surface area contributed by atoms with Crippen molar-refractivity contribution in [2.75, 3.05) is 26.8 Å². The monoisotopic (exact) mass is 310 g/mol. The summed E-state index contributed by atoms with van der Waals surface area (Å²) in [6.45, 7) is 1.13. The van der Waals surface area contributed by atoms with Crippen LogP contribution in [-0.4, -0.2) is 54.3 Å². The Hall–Kier alpha value is -1.73. The minimum Gasteiger partial charge on any atom is -0.383 e. The van der Waals surface area contributed by atoms with E-state index in [4.69, 9.17) is 4.74 Å². The number of methoxy groups -OCH3 is 1. The predicted octanol–water partition coefficient (Wildman–Crippen LogP) is 0.872. The van der Waals surface area contributed by atoms with E-state index in [0.717, 1.165) is 10.5 Å². The predicted molar refractivity (Wildman–Crippen MR) is 77.6 cm³/mol. The van der Waals surface area contributed by atoms with Crippen LogP contribution in [0.1, 0.15) is 18.4 Å². The molecule has 0 aromatic carbocycles. The summed E-state index contributed by atoms with van der Waals surface area (Å²) in [6, 6.07) is 1.95. The van der Waals surface area contributed by atoms with Crippen molar-refractivity contribution in [3.63, 3.8) is 0 Å². The third-order valence-electron chi connectivity index (χ3n) is 3.32. The van der Waals surface area contributed by atoms with Gasteiger partial charge >= 0.3 is 0 Å². The zero-order valence-corrected chi connectivity index (χ0v) is 12.7. The van der Waals surface area contributed by atoms with E-state index < -0.39 is 0 Å². The lowest BCUT2D eigenvalue weighted by atomic mass is 10.3. The number of thiophene rings is 1. The number of rotatable bonds is 7. The maximum Gasteiger partial charge on any atom is 0.243 e. The minimum atomic E-state index is -0.268. The highest BCUT2D eigenvalue weighted by molar-refractivity contribution is 7.07. The summed E-state index contributed by atoms with van der Waals surface area (Å²) in [5, 5.41) is 3.92. The van der Waals surface area contributed by atoms with Crippen molar-refractivity contribution in [1.29, 1.82) is 0 Å². The largest absolute Gasteiger partial charge is 0.383 e. The highest BCUT2D eigenvalue weighted by atomic mass is 32.1. The van der Waals surface area contributed by atoms with Gasteiger partial charge in [-0.2, -0.15) is 11.3 Å². The van der Waals surface area contributed by atoms with Crippen molar-refractivity contribution in [1.82, 2.24) is 9.80 Å². The Kier molecular flexibility index (Phi) is 5.46. The number of hydrogen-bond donors (Lipinski definition) is 0. The van der Waals surface area contributed by atoms with E-state index in [9.17, 15) is 14.4 Å². The molecule has 7 heteroatoms. The molecule has 0 aliphatic carbocycles. The summed E-state index contributed by atoms with van der Waals surface area (Å²) in [4.78, 5) is 38.2. The van der Waals surface area contributed by atoms with Crippen molar-refractivity contribution in [3.05, 3.63) is 22.4 Å². The van der Waals surface area contributed by atoms with Crippen LogP contribution in [0.25, 0.3) is 0 Å². The van der Waals surface area contributed by atoms with Crippen molar-refractivity contribution >= 4 is 29.1 Å². The fourth-order valence-corrected chi connectivity index (χ4v) is 2.79. The van der Waals surface area contributed by atoms with Crippen LogP contribution >= 0.6 is 11.3 Å². The molecule has 1 saturated heterocycles. The third-order valence-corrected chi connectivity index (χ3v) is 4.05. The molecule has 0 spiro atoms. The van der Waals surface area contributed by atoms with Gasteiger partial charge in [0.05, 0.1) is 6.61 Å². The van der Waals surface area contributed by atoms with Crippen LogP contribution in [0.3, 0.4) is 0 Å². The molecule has 0 radical (unpaired) electrons. The Balaban J connectivity index is 1.99. The first-order valence-corrected chi connectivity index (χ1v) is 7.67. The summed E-state index contributed by atoms with van der Waals surface area (Å²) >= 11 is 1.56. The standard InChI is InChI=1S/C14H18N2O4S/c1-20-6-5-15(8-11-4-7-21-10-11)14(19)9-16-12(17)2-3-13(16)18/h4,7,10H,2-3,5-6,8-9H2,1H3. The molecule has 1 aromatic heterocycles. The summed E-state index contributed by atoms with van der Waals surface area (Å²) < 4.78 is 5.02. The molecule has 2 rings (SSSR count). The van der Waals surface area contributed by atoms with Gasteiger partial charge in [-0.05, 0) is 22.4 Å². The third kappa shape index (κ3) is 4.12. The molecule has 1 fully saturated rings. The van der Waals surface area contributed by atoms with Crippen molar-refractivity contribution in [3.8, 4) is 0 Å². The molecule has 1 aromatic rings. The van der Waals surface area contributed by atoms with E-state index in [1.165, 1.54) is 0 Å². The molecule has 1 aliphatic rings. The van der Waals surface area contributed by atoms with Gasteiger partial charge in [-0.15, -0.1) is 0 Å². The zero-order chi connectivity index (χ0) is 15.2. The lowest BCUT2D eigenvalue weighted by molar-refractivity contribution is -0.146.